The number of phenols is 2. The maximum atomic E-state index is 11.0. The average Bonchev–Trinajstić information content (AvgIpc) is 2.66. The first-order chi connectivity index (χ1) is 15.7. The molecule has 0 amide bonds. The van der Waals surface area contributed by atoms with E-state index in [1.54, 1.807) is 0 Å². The molecule has 2 nitrogen and oxygen atoms in total. The van der Waals surface area contributed by atoms with Crippen LogP contribution in [0.4, 0.5) is 0 Å². The Kier molecular flexibility index (Phi) is 8.52. The van der Waals surface area contributed by atoms with E-state index in [1.165, 1.54) is 11.1 Å². The van der Waals surface area contributed by atoms with E-state index in [1.807, 2.05) is 0 Å². The zero-order valence-corrected chi connectivity index (χ0v) is 24.7. The zero-order valence-electron chi connectivity index (χ0n) is 24.7. The number of aromatic hydroxyl groups is 2. The third-order valence-corrected chi connectivity index (χ3v) is 7.00. The third kappa shape index (κ3) is 7.51. The van der Waals surface area contributed by atoms with Crippen molar-refractivity contribution in [1.82, 2.24) is 0 Å². The number of phenolic OH excluding ortho intramolecular Hbond substituents is 2. The van der Waals surface area contributed by atoms with Gasteiger partial charge in [-0.1, -0.05) is 114 Å². The van der Waals surface area contributed by atoms with E-state index in [0.717, 1.165) is 54.4 Å². The predicted molar refractivity (Wildman–Crippen MR) is 152 cm³/mol. The molecule has 0 radical (unpaired) electrons. The van der Waals surface area contributed by atoms with Crippen LogP contribution >= 0.6 is 0 Å². The Balaban J connectivity index is 2.15. The number of aryl methyl sites for hydroxylation is 2. The molecule has 0 saturated carbocycles. The quantitative estimate of drug-likeness (QED) is 0.404. The van der Waals surface area contributed by atoms with E-state index in [9.17, 15) is 10.2 Å². The second kappa shape index (κ2) is 10.2. The Bertz CT molecular complexity index is 862. The van der Waals surface area contributed by atoms with Gasteiger partial charge in [-0.25, -0.2) is 0 Å². The minimum atomic E-state index is -0.0888. The molecule has 0 aliphatic carbocycles. The third-order valence-electron chi connectivity index (χ3n) is 7.00. The molecular weight excluding hydrogens is 428 g/mol. The van der Waals surface area contributed by atoms with Gasteiger partial charge >= 0.3 is 0 Å². The Labute approximate surface area is 216 Å². The van der Waals surface area contributed by atoms with Crippen LogP contribution in [0.1, 0.15) is 136 Å². The van der Waals surface area contributed by atoms with Crippen molar-refractivity contribution < 1.29 is 10.2 Å². The molecule has 0 aliphatic rings. The summed E-state index contributed by atoms with van der Waals surface area (Å²) in [5, 5.41) is 22.0. The van der Waals surface area contributed by atoms with Gasteiger partial charge in [-0.15, -0.1) is 0 Å². The van der Waals surface area contributed by atoms with E-state index in [-0.39, 0.29) is 21.7 Å². The van der Waals surface area contributed by atoms with Gasteiger partial charge in [0.15, 0.2) is 0 Å². The van der Waals surface area contributed by atoms with Crippen LogP contribution in [0.15, 0.2) is 24.3 Å². The zero-order chi connectivity index (χ0) is 27.0. The van der Waals surface area contributed by atoms with Gasteiger partial charge in [-0.05, 0) is 80.7 Å². The molecule has 2 aromatic rings. The molecule has 0 aromatic heterocycles. The van der Waals surface area contributed by atoms with Crippen LogP contribution in [-0.4, -0.2) is 10.2 Å². The van der Waals surface area contributed by atoms with Gasteiger partial charge in [0.05, 0.1) is 0 Å². The van der Waals surface area contributed by atoms with Crippen LogP contribution in [0.2, 0.25) is 0 Å². The van der Waals surface area contributed by atoms with Gasteiger partial charge in [0.2, 0.25) is 0 Å². The first kappa shape index (κ1) is 29.3. The second-order valence-electron chi connectivity index (χ2n) is 14.6. The van der Waals surface area contributed by atoms with Gasteiger partial charge in [-0.3, -0.25) is 0 Å². The fourth-order valence-electron chi connectivity index (χ4n) is 4.80. The molecule has 0 fully saturated rings. The molecule has 0 aliphatic heterocycles. The number of hydrogen-bond donors (Lipinski definition) is 2. The van der Waals surface area contributed by atoms with Crippen molar-refractivity contribution in [3.63, 3.8) is 0 Å². The number of unbranched alkanes of at least 4 members (excludes halogenated alkanes) is 2. The molecule has 2 rings (SSSR count). The first-order valence-corrected chi connectivity index (χ1v) is 13.5. The number of hydrogen-bond acceptors (Lipinski definition) is 2. The van der Waals surface area contributed by atoms with Crippen LogP contribution in [0.25, 0.3) is 0 Å². The van der Waals surface area contributed by atoms with Crippen molar-refractivity contribution in [2.45, 2.75) is 137 Å². The Morgan fingerprint density at radius 2 is 0.657 bits per heavy atom. The summed E-state index contributed by atoms with van der Waals surface area (Å²) in [4.78, 5) is 0. The van der Waals surface area contributed by atoms with E-state index >= 15 is 0 Å². The van der Waals surface area contributed by atoms with Crippen LogP contribution in [0, 0.1) is 0 Å². The lowest BCUT2D eigenvalue weighted by atomic mass is 9.78. The highest BCUT2D eigenvalue weighted by Gasteiger charge is 2.27. The van der Waals surface area contributed by atoms with Gasteiger partial charge in [0, 0.05) is 0 Å². The van der Waals surface area contributed by atoms with E-state index in [0.29, 0.717) is 11.5 Å². The normalized spacial score (nSPS) is 13.4. The lowest BCUT2D eigenvalue weighted by molar-refractivity contribution is 0.422. The highest BCUT2D eigenvalue weighted by Crippen LogP contribution is 2.41. The van der Waals surface area contributed by atoms with Crippen molar-refractivity contribution in [3.8, 4) is 11.5 Å². The summed E-state index contributed by atoms with van der Waals surface area (Å²) >= 11 is 0. The molecule has 0 bridgehead atoms. The summed E-state index contributed by atoms with van der Waals surface area (Å²) < 4.78 is 0. The molecule has 2 heteroatoms. The average molecular weight is 481 g/mol. The molecule has 0 atom stereocenters. The molecule has 196 valence electrons. The summed E-state index contributed by atoms with van der Waals surface area (Å²) in [6, 6.07) is 8.87. The van der Waals surface area contributed by atoms with Gasteiger partial charge in [0.25, 0.3) is 0 Å². The maximum Gasteiger partial charge on any atom is 0.123 e. The molecule has 2 aromatic carbocycles. The van der Waals surface area contributed by atoms with E-state index in [4.69, 9.17) is 0 Å². The predicted octanol–water partition coefficient (Wildman–Crippen LogP) is 9.24. The fourth-order valence-corrected chi connectivity index (χ4v) is 4.80. The number of benzene rings is 2. The highest BCUT2D eigenvalue weighted by molar-refractivity contribution is 5.51. The van der Waals surface area contributed by atoms with Crippen LogP contribution in [-0.2, 0) is 34.5 Å². The molecule has 2 N–H and O–H groups in total. The van der Waals surface area contributed by atoms with E-state index in [2.05, 4.69) is 107 Å². The van der Waals surface area contributed by atoms with Crippen molar-refractivity contribution in [1.29, 1.82) is 0 Å². The van der Waals surface area contributed by atoms with Crippen LogP contribution in [0.5, 0.6) is 11.5 Å². The second-order valence-corrected chi connectivity index (χ2v) is 14.6. The van der Waals surface area contributed by atoms with Crippen molar-refractivity contribution >= 4 is 0 Å². The van der Waals surface area contributed by atoms with Crippen molar-refractivity contribution in [2.24, 2.45) is 0 Å². The minimum absolute atomic E-state index is 0.0888. The van der Waals surface area contributed by atoms with E-state index < -0.39 is 0 Å². The Morgan fingerprint density at radius 1 is 0.429 bits per heavy atom. The summed E-state index contributed by atoms with van der Waals surface area (Å²) in [5.74, 6) is 0.927. The van der Waals surface area contributed by atoms with Crippen molar-refractivity contribution in [2.75, 3.05) is 0 Å². The molecule has 0 spiro atoms. The largest absolute Gasteiger partial charge is 0.507 e. The smallest absolute Gasteiger partial charge is 0.123 e. The minimum Gasteiger partial charge on any atom is -0.507 e. The lowest BCUT2D eigenvalue weighted by Gasteiger charge is -2.28. The molecule has 0 saturated heterocycles. The highest BCUT2D eigenvalue weighted by atomic mass is 16.3. The molecule has 0 unspecified atom stereocenters. The van der Waals surface area contributed by atoms with Crippen molar-refractivity contribution in [3.05, 3.63) is 57.6 Å². The lowest BCUT2D eigenvalue weighted by Crippen LogP contribution is -2.18. The summed E-state index contributed by atoms with van der Waals surface area (Å²) in [5.41, 5.74) is 6.50. The Hall–Kier alpha value is -1.96. The topological polar surface area (TPSA) is 40.5 Å². The van der Waals surface area contributed by atoms with Crippen LogP contribution in [0.3, 0.4) is 0 Å². The standard InChI is InChI=1S/C33H52O2/c1-30(2,3)24-18-22(19-25(28(24)34)31(4,5)6)16-14-13-15-17-23-20-26(32(7,8)9)29(35)27(21-23)33(10,11)12/h18-21,34-35H,13-17H2,1-12H3. The molecule has 0 heterocycles. The summed E-state index contributed by atoms with van der Waals surface area (Å²) in [7, 11) is 0. The summed E-state index contributed by atoms with van der Waals surface area (Å²) in [6.07, 6.45) is 5.49. The number of rotatable bonds is 6. The van der Waals surface area contributed by atoms with Gasteiger partial charge in [0.1, 0.15) is 11.5 Å². The first-order valence-electron chi connectivity index (χ1n) is 13.5. The fraction of sp³-hybridized carbons (Fsp3) is 0.636. The molecule has 35 heavy (non-hydrogen) atoms. The monoisotopic (exact) mass is 480 g/mol. The van der Waals surface area contributed by atoms with Gasteiger partial charge in [-0.2, -0.15) is 0 Å². The summed E-state index contributed by atoms with van der Waals surface area (Å²) in [6.45, 7) is 26.1. The van der Waals surface area contributed by atoms with Gasteiger partial charge < -0.3 is 10.2 Å². The maximum absolute atomic E-state index is 11.0. The molecular formula is C33H52O2. The Morgan fingerprint density at radius 3 is 0.857 bits per heavy atom. The SMILES string of the molecule is CC(C)(C)c1cc(CCCCCc2cc(C(C)(C)C)c(O)c(C(C)(C)C)c2)cc(C(C)(C)C)c1O. The van der Waals surface area contributed by atoms with Crippen LogP contribution < -0.4 is 0 Å².